The van der Waals surface area contributed by atoms with Crippen molar-refractivity contribution in [1.82, 2.24) is 9.55 Å². The van der Waals surface area contributed by atoms with Crippen LogP contribution in [0.4, 0.5) is 0 Å². The van der Waals surface area contributed by atoms with Gasteiger partial charge in [-0.1, -0.05) is 24.3 Å². The highest BCUT2D eigenvalue weighted by molar-refractivity contribution is 7.22. The fourth-order valence-electron chi connectivity index (χ4n) is 2.77. The van der Waals surface area contributed by atoms with Crippen molar-refractivity contribution in [1.29, 1.82) is 0 Å². The van der Waals surface area contributed by atoms with Crippen molar-refractivity contribution in [3.8, 4) is 10.6 Å². The molecule has 108 valence electrons. The molecule has 0 saturated carbocycles. The zero-order valence-corrected chi connectivity index (χ0v) is 13.1. The summed E-state index contributed by atoms with van der Waals surface area (Å²) in [6.07, 6.45) is 0. The number of aryl methyl sites for hydroxylation is 2. The van der Waals surface area contributed by atoms with Crippen molar-refractivity contribution in [2.45, 2.75) is 6.92 Å². The van der Waals surface area contributed by atoms with Gasteiger partial charge >= 0.3 is 0 Å². The molecule has 22 heavy (non-hydrogen) atoms. The maximum absolute atomic E-state index is 11.8. The molecule has 0 amide bonds. The van der Waals surface area contributed by atoms with Crippen LogP contribution in [0, 0.1) is 6.92 Å². The second-order valence-electron chi connectivity index (χ2n) is 5.41. The van der Waals surface area contributed by atoms with Crippen LogP contribution in [0.5, 0.6) is 0 Å². The molecule has 3 nitrogen and oxygen atoms in total. The van der Waals surface area contributed by atoms with Crippen LogP contribution >= 0.6 is 11.3 Å². The molecule has 4 rings (SSSR count). The Bertz CT molecular complexity index is 1080. The third-order valence-electron chi connectivity index (χ3n) is 4.03. The fraction of sp³-hybridized carbons (Fsp3) is 0.111. The molecule has 4 aromatic rings. The zero-order valence-electron chi connectivity index (χ0n) is 12.3. The summed E-state index contributed by atoms with van der Waals surface area (Å²) in [5.74, 6) is 0. The number of hydrogen-bond donors (Lipinski definition) is 0. The number of thiazole rings is 1. The largest absolute Gasteiger partial charge is 0.311 e. The minimum absolute atomic E-state index is 0.00972. The van der Waals surface area contributed by atoms with Gasteiger partial charge in [0.1, 0.15) is 5.01 Å². The highest BCUT2D eigenvalue weighted by atomic mass is 32.1. The zero-order chi connectivity index (χ0) is 15.3. The fourth-order valence-corrected chi connectivity index (χ4v) is 3.95. The molecule has 0 N–H and O–H groups in total. The SMILES string of the molecule is Cc1ccccc1-c1nc2ccc3c(ccc(=O)n3C)c2s1. The molecule has 0 saturated heterocycles. The van der Waals surface area contributed by atoms with Gasteiger partial charge in [0.25, 0.3) is 5.56 Å². The van der Waals surface area contributed by atoms with Crippen molar-refractivity contribution in [2.24, 2.45) is 7.05 Å². The van der Waals surface area contributed by atoms with E-state index in [4.69, 9.17) is 4.98 Å². The summed E-state index contributed by atoms with van der Waals surface area (Å²) in [6, 6.07) is 15.8. The van der Waals surface area contributed by atoms with Gasteiger partial charge in [0.2, 0.25) is 0 Å². The number of aromatic nitrogens is 2. The van der Waals surface area contributed by atoms with Gasteiger partial charge < -0.3 is 4.57 Å². The maximum atomic E-state index is 11.8. The smallest absolute Gasteiger partial charge is 0.250 e. The number of pyridine rings is 1. The lowest BCUT2D eigenvalue weighted by molar-refractivity contribution is 0.907. The van der Waals surface area contributed by atoms with Gasteiger partial charge in [0.15, 0.2) is 0 Å². The summed E-state index contributed by atoms with van der Waals surface area (Å²) in [5, 5.41) is 2.10. The topological polar surface area (TPSA) is 34.9 Å². The van der Waals surface area contributed by atoms with Crippen LogP contribution in [0.3, 0.4) is 0 Å². The van der Waals surface area contributed by atoms with E-state index in [2.05, 4.69) is 19.1 Å². The molecule has 0 spiro atoms. The number of fused-ring (bicyclic) bond motifs is 3. The molecular formula is C18H14N2OS. The number of hydrogen-bond acceptors (Lipinski definition) is 3. The highest BCUT2D eigenvalue weighted by Crippen LogP contribution is 2.35. The first-order chi connectivity index (χ1) is 10.6. The minimum atomic E-state index is 0.00972. The van der Waals surface area contributed by atoms with Crippen molar-refractivity contribution in [2.75, 3.05) is 0 Å². The maximum Gasteiger partial charge on any atom is 0.250 e. The summed E-state index contributed by atoms with van der Waals surface area (Å²) in [6.45, 7) is 2.10. The van der Waals surface area contributed by atoms with Crippen molar-refractivity contribution < 1.29 is 0 Å². The molecule has 0 atom stereocenters. The Hall–Kier alpha value is -2.46. The Kier molecular flexibility index (Phi) is 2.87. The van der Waals surface area contributed by atoms with Crippen LogP contribution < -0.4 is 5.56 Å². The molecule has 0 aliphatic heterocycles. The third kappa shape index (κ3) is 1.88. The van der Waals surface area contributed by atoms with Crippen LogP contribution in [-0.2, 0) is 7.05 Å². The normalized spacial score (nSPS) is 11.4. The van der Waals surface area contributed by atoms with Gasteiger partial charge in [-0.2, -0.15) is 0 Å². The van der Waals surface area contributed by atoms with Crippen LogP contribution in [0.1, 0.15) is 5.56 Å². The Morgan fingerprint density at radius 3 is 2.68 bits per heavy atom. The molecule has 2 heterocycles. The average molecular weight is 306 g/mol. The Labute approximate surface area is 131 Å². The quantitative estimate of drug-likeness (QED) is 0.530. The van der Waals surface area contributed by atoms with Crippen LogP contribution in [0.25, 0.3) is 31.7 Å². The molecular weight excluding hydrogens is 292 g/mol. The lowest BCUT2D eigenvalue weighted by atomic mass is 10.1. The summed E-state index contributed by atoms with van der Waals surface area (Å²) < 4.78 is 2.81. The van der Waals surface area contributed by atoms with E-state index in [1.807, 2.05) is 30.3 Å². The second-order valence-corrected chi connectivity index (χ2v) is 6.41. The molecule has 2 aromatic carbocycles. The van der Waals surface area contributed by atoms with Gasteiger partial charge in [-0.25, -0.2) is 4.98 Å². The van der Waals surface area contributed by atoms with Crippen LogP contribution in [0.15, 0.2) is 53.3 Å². The van der Waals surface area contributed by atoms with Gasteiger partial charge in [-0.05, 0) is 30.7 Å². The van der Waals surface area contributed by atoms with Crippen molar-refractivity contribution >= 4 is 32.5 Å². The predicted molar refractivity (Wildman–Crippen MR) is 92.5 cm³/mol. The van der Waals surface area contributed by atoms with E-state index in [1.165, 1.54) is 11.1 Å². The van der Waals surface area contributed by atoms with E-state index in [-0.39, 0.29) is 5.56 Å². The van der Waals surface area contributed by atoms with E-state index >= 15 is 0 Å². The standard InChI is InChI=1S/C18H14N2OS/c1-11-5-3-4-6-12(11)18-19-14-8-9-15-13(17(14)22-18)7-10-16(21)20(15)2/h3-10H,1-2H3. The van der Waals surface area contributed by atoms with Gasteiger partial charge in [0, 0.05) is 24.1 Å². The van der Waals surface area contributed by atoms with Crippen molar-refractivity contribution in [3.63, 3.8) is 0 Å². The summed E-state index contributed by atoms with van der Waals surface area (Å²) in [4.78, 5) is 16.6. The van der Waals surface area contributed by atoms with Crippen molar-refractivity contribution in [3.05, 3.63) is 64.4 Å². The van der Waals surface area contributed by atoms with Gasteiger partial charge in [-0.3, -0.25) is 4.79 Å². The van der Waals surface area contributed by atoms with Gasteiger partial charge in [-0.15, -0.1) is 11.3 Å². The van der Waals surface area contributed by atoms with E-state index in [1.54, 1.807) is 29.0 Å². The monoisotopic (exact) mass is 306 g/mol. The average Bonchev–Trinajstić information content (AvgIpc) is 2.95. The van der Waals surface area contributed by atoms with E-state index in [9.17, 15) is 4.79 Å². The molecule has 0 aliphatic rings. The molecule has 0 aliphatic carbocycles. The van der Waals surface area contributed by atoms with E-state index < -0.39 is 0 Å². The minimum Gasteiger partial charge on any atom is -0.311 e. The predicted octanol–water partition coefficient (Wildman–Crippen LogP) is 4.12. The highest BCUT2D eigenvalue weighted by Gasteiger charge is 2.11. The second kappa shape index (κ2) is 4.78. The summed E-state index contributed by atoms with van der Waals surface area (Å²) in [7, 11) is 1.81. The number of nitrogens with zero attached hydrogens (tertiary/aromatic N) is 2. The van der Waals surface area contributed by atoms with Crippen LogP contribution in [0.2, 0.25) is 0 Å². The third-order valence-corrected chi connectivity index (χ3v) is 5.17. The Morgan fingerprint density at radius 2 is 1.86 bits per heavy atom. The Balaban J connectivity index is 2.06. The summed E-state index contributed by atoms with van der Waals surface area (Å²) in [5.41, 5.74) is 4.32. The molecule has 4 heteroatoms. The summed E-state index contributed by atoms with van der Waals surface area (Å²) >= 11 is 1.68. The van der Waals surface area contributed by atoms with Crippen LogP contribution in [-0.4, -0.2) is 9.55 Å². The van der Waals surface area contributed by atoms with Gasteiger partial charge in [0.05, 0.1) is 15.7 Å². The van der Waals surface area contributed by atoms with E-state index in [0.29, 0.717) is 0 Å². The molecule has 0 radical (unpaired) electrons. The first kappa shape index (κ1) is 13.2. The molecule has 0 unspecified atom stereocenters. The molecule has 2 aromatic heterocycles. The first-order valence-corrected chi connectivity index (χ1v) is 7.92. The molecule has 0 fully saturated rings. The lowest BCUT2D eigenvalue weighted by Crippen LogP contribution is -2.14. The first-order valence-electron chi connectivity index (χ1n) is 7.10. The number of benzene rings is 2. The number of rotatable bonds is 1. The van der Waals surface area contributed by atoms with E-state index in [0.717, 1.165) is 26.1 Å². The molecule has 0 bridgehead atoms. The Morgan fingerprint density at radius 1 is 1.05 bits per heavy atom. The lowest BCUT2D eigenvalue weighted by Gasteiger charge is -2.03.